The van der Waals surface area contributed by atoms with E-state index < -0.39 is 22.9 Å². The van der Waals surface area contributed by atoms with Gasteiger partial charge in [-0.05, 0) is 12.1 Å². The van der Waals surface area contributed by atoms with Gasteiger partial charge < -0.3 is 10.5 Å². The maximum atomic E-state index is 12.1. The molecule has 0 saturated heterocycles. The Kier molecular flexibility index (Phi) is 5.40. The number of alkyl halides is 3. The van der Waals surface area contributed by atoms with Gasteiger partial charge >= 0.3 is 6.18 Å². The van der Waals surface area contributed by atoms with Gasteiger partial charge in [0.05, 0.1) is 11.9 Å². The summed E-state index contributed by atoms with van der Waals surface area (Å²) in [6.07, 6.45) is -3.37. The van der Waals surface area contributed by atoms with E-state index >= 15 is 0 Å². The Labute approximate surface area is 162 Å². The van der Waals surface area contributed by atoms with Crippen molar-refractivity contribution in [3.05, 3.63) is 48.7 Å². The van der Waals surface area contributed by atoms with Crippen LogP contribution in [0.1, 0.15) is 0 Å². The molecule has 0 radical (unpaired) electrons. The molecular formula is C17H13F3N4O4S. The molecule has 0 amide bonds. The van der Waals surface area contributed by atoms with Crippen LogP contribution in [0.25, 0.3) is 10.8 Å². The van der Waals surface area contributed by atoms with Crippen LogP contribution in [0.3, 0.4) is 0 Å². The van der Waals surface area contributed by atoms with Crippen LogP contribution in [0.15, 0.2) is 63.8 Å². The quantitative estimate of drug-likeness (QED) is 0.353. The number of hydrogen-bond acceptors (Lipinski definition) is 7. The summed E-state index contributed by atoms with van der Waals surface area (Å²) in [7, 11) is -4.55. The first kappa shape index (κ1) is 20.5. The van der Waals surface area contributed by atoms with Crippen molar-refractivity contribution in [3.63, 3.8) is 0 Å². The van der Waals surface area contributed by atoms with Crippen LogP contribution >= 0.6 is 0 Å². The fraction of sp³-hybridized carbons (Fsp3) is 0.118. The van der Waals surface area contributed by atoms with E-state index in [2.05, 4.69) is 19.9 Å². The molecule has 3 aromatic rings. The van der Waals surface area contributed by atoms with E-state index in [0.717, 1.165) is 12.3 Å². The molecule has 0 bridgehead atoms. The lowest BCUT2D eigenvalue weighted by molar-refractivity contribution is -0.154. The van der Waals surface area contributed by atoms with Crippen molar-refractivity contribution in [2.45, 2.75) is 11.1 Å². The highest BCUT2D eigenvalue weighted by molar-refractivity contribution is 7.86. The number of nitrogen functional groups attached to an aromatic ring is 1. The minimum Gasteiger partial charge on any atom is -0.468 e. The molecule has 29 heavy (non-hydrogen) atoms. The number of aromatic nitrogens is 1. The van der Waals surface area contributed by atoms with Crippen molar-refractivity contribution in [2.24, 2.45) is 10.2 Å². The zero-order chi connectivity index (χ0) is 21.2. The van der Waals surface area contributed by atoms with Crippen molar-refractivity contribution in [2.75, 3.05) is 12.3 Å². The summed E-state index contributed by atoms with van der Waals surface area (Å²) in [5, 5.41) is 8.30. The molecule has 3 rings (SSSR count). The fourth-order valence-corrected chi connectivity index (χ4v) is 3.15. The molecule has 1 heterocycles. The zero-order valence-corrected chi connectivity index (χ0v) is 15.3. The molecule has 1 aromatic heterocycles. The highest BCUT2D eigenvalue weighted by Crippen LogP contribution is 2.36. The standard InChI is InChI=1S/C17H13F3N4O4S/c18-17(19,20)9-28-15-6-5-10(8-22-15)23-24-13-7-14(29(25,26)27)11-3-1-2-4-12(11)16(13)21/h1-8H,9,21H2,(H,25,26,27)/b24-23+. The largest absolute Gasteiger partial charge is 0.468 e. The fourth-order valence-electron chi connectivity index (χ4n) is 2.43. The third kappa shape index (κ3) is 4.97. The SMILES string of the molecule is Nc1c(/N=N/c2ccc(OCC(F)(F)F)nc2)cc(S(=O)(=O)O)c2ccccc12. The third-order valence-corrected chi connectivity index (χ3v) is 4.58. The minimum atomic E-state index is -4.55. The molecule has 0 atom stereocenters. The number of anilines is 1. The lowest BCUT2D eigenvalue weighted by Crippen LogP contribution is -2.19. The zero-order valence-electron chi connectivity index (χ0n) is 14.5. The smallest absolute Gasteiger partial charge is 0.422 e. The summed E-state index contributed by atoms with van der Waals surface area (Å²) in [4.78, 5) is 3.30. The molecule has 0 spiro atoms. The van der Waals surface area contributed by atoms with E-state index in [1.807, 2.05) is 0 Å². The molecule has 0 aliphatic heterocycles. The molecule has 152 valence electrons. The monoisotopic (exact) mass is 426 g/mol. The number of fused-ring (bicyclic) bond motifs is 1. The van der Waals surface area contributed by atoms with Gasteiger partial charge in [-0.2, -0.15) is 21.6 Å². The maximum Gasteiger partial charge on any atom is 0.422 e. The van der Waals surface area contributed by atoms with Gasteiger partial charge in [-0.3, -0.25) is 4.55 Å². The normalized spacial score (nSPS) is 12.6. The number of hydrogen-bond donors (Lipinski definition) is 2. The van der Waals surface area contributed by atoms with Crippen LogP contribution in [-0.4, -0.2) is 30.7 Å². The maximum absolute atomic E-state index is 12.1. The van der Waals surface area contributed by atoms with Crippen molar-refractivity contribution in [3.8, 4) is 5.88 Å². The first-order valence-electron chi connectivity index (χ1n) is 7.91. The van der Waals surface area contributed by atoms with E-state index in [-0.39, 0.29) is 33.2 Å². The number of halogens is 3. The van der Waals surface area contributed by atoms with Gasteiger partial charge in [0.2, 0.25) is 5.88 Å². The molecule has 0 unspecified atom stereocenters. The lowest BCUT2D eigenvalue weighted by Gasteiger charge is -2.09. The predicted molar refractivity (Wildman–Crippen MR) is 98.1 cm³/mol. The Balaban J connectivity index is 1.92. The van der Waals surface area contributed by atoms with E-state index in [1.54, 1.807) is 18.2 Å². The average Bonchev–Trinajstić information content (AvgIpc) is 2.65. The van der Waals surface area contributed by atoms with E-state index in [1.165, 1.54) is 18.2 Å². The van der Waals surface area contributed by atoms with E-state index in [0.29, 0.717) is 5.39 Å². The van der Waals surface area contributed by atoms with Crippen LogP contribution in [0.4, 0.5) is 30.2 Å². The van der Waals surface area contributed by atoms with Crippen molar-refractivity contribution in [1.29, 1.82) is 0 Å². The number of nitrogens with two attached hydrogens (primary N) is 1. The molecule has 0 aliphatic carbocycles. The second kappa shape index (κ2) is 7.64. The predicted octanol–water partition coefficient (Wildman–Crippen LogP) is 4.42. The van der Waals surface area contributed by atoms with Gasteiger partial charge in [-0.15, -0.1) is 10.2 Å². The first-order chi connectivity index (χ1) is 13.5. The Bertz CT molecular complexity index is 1180. The van der Waals surface area contributed by atoms with Crippen LogP contribution in [0.2, 0.25) is 0 Å². The van der Waals surface area contributed by atoms with Gasteiger partial charge in [0.15, 0.2) is 6.61 Å². The van der Waals surface area contributed by atoms with Gasteiger partial charge in [-0.1, -0.05) is 24.3 Å². The number of rotatable bonds is 5. The summed E-state index contributed by atoms with van der Waals surface area (Å²) in [6.45, 7) is -1.48. The number of benzene rings is 2. The molecule has 3 N–H and O–H groups in total. The topological polar surface area (TPSA) is 127 Å². The Morgan fingerprint density at radius 3 is 2.38 bits per heavy atom. The molecule has 12 heteroatoms. The molecule has 0 fully saturated rings. The number of pyridine rings is 1. The Morgan fingerprint density at radius 1 is 1.10 bits per heavy atom. The number of ether oxygens (including phenoxy) is 1. The van der Waals surface area contributed by atoms with Gasteiger partial charge in [0.1, 0.15) is 16.3 Å². The summed E-state index contributed by atoms with van der Waals surface area (Å²) in [5.74, 6) is -0.250. The highest BCUT2D eigenvalue weighted by Gasteiger charge is 2.28. The van der Waals surface area contributed by atoms with Crippen molar-refractivity contribution in [1.82, 2.24) is 4.98 Å². The lowest BCUT2D eigenvalue weighted by atomic mass is 10.1. The van der Waals surface area contributed by atoms with Crippen LogP contribution in [0, 0.1) is 0 Å². The molecule has 2 aromatic carbocycles. The summed E-state index contributed by atoms with van der Waals surface area (Å²) in [5.41, 5.74) is 6.30. The minimum absolute atomic E-state index is 0.0197. The average molecular weight is 426 g/mol. The number of nitrogens with zero attached hydrogens (tertiary/aromatic N) is 3. The number of azo groups is 1. The highest BCUT2D eigenvalue weighted by atomic mass is 32.2. The second-order valence-corrected chi connectivity index (χ2v) is 7.18. The molecular weight excluding hydrogens is 413 g/mol. The third-order valence-electron chi connectivity index (χ3n) is 3.68. The van der Waals surface area contributed by atoms with Gasteiger partial charge in [0.25, 0.3) is 10.1 Å². The summed E-state index contributed by atoms with van der Waals surface area (Å²) >= 11 is 0. The first-order valence-corrected chi connectivity index (χ1v) is 9.35. The van der Waals surface area contributed by atoms with E-state index in [4.69, 9.17) is 5.73 Å². The van der Waals surface area contributed by atoms with Gasteiger partial charge in [0, 0.05) is 16.8 Å². The van der Waals surface area contributed by atoms with Crippen LogP contribution in [0.5, 0.6) is 5.88 Å². The molecule has 8 nitrogen and oxygen atoms in total. The molecule has 0 aliphatic rings. The summed E-state index contributed by atoms with van der Waals surface area (Å²) in [6, 6.07) is 9.83. The van der Waals surface area contributed by atoms with Crippen LogP contribution < -0.4 is 10.5 Å². The summed E-state index contributed by atoms with van der Waals surface area (Å²) < 4.78 is 73.8. The van der Waals surface area contributed by atoms with Crippen molar-refractivity contribution >= 4 is 38.0 Å². The molecule has 0 saturated carbocycles. The van der Waals surface area contributed by atoms with Crippen molar-refractivity contribution < 1.29 is 30.9 Å². The van der Waals surface area contributed by atoms with E-state index in [9.17, 15) is 26.1 Å². The second-order valence-electron chi connectivity index (χ2n) is 5.79. The Morgan fingerprint density at radius 2 is 1.79 bits per heavy atom. The van der Waals surface area contributed by atoms with Gasteiger partial charge in [-0.25, -0.2) is 4.98 Å². The van der Waals surface area contributed by atoms with Crippen LogP contribution in [-0.2, 0) is 10.1 Å². The Hall–Kier alpha value is -3.25.